The number of rotatable bonds is 5. The molecule has 0 fully saturated rings. The van der Waals surface area contributed by atoms with Crippen LogP contribution in [0.15, 0.2) is 16.6 Å². The van der Waals surface area contributed by atoms with E-state index in [1.165, 1.54) is 12.1 Å². The number of Topliss-reactive ketones (excluding diaryl/α,β-unsaturated/α-hetero) is 1. The van der Waals surface area contributed by atoms with Gasteiger partial charge in [0.15, 0.2) is 11.6 Å². The third kappa shape index (κ3) is 4.52. The summed E-state index contributed by atoms with van der Waals surface area (Å²) in [6.07, 6.45) is 0.978. The van der Waals surface area contributed by atoms with Crippen molar-refractivity contribution >= 4 is 43.2 Å². The second kappa shape index (κ2) is 6.30. The summed E-state index contributed by atoms with van der Waals surface area (Å²) < 4.78 is 36.1. The Hall–Kier alpha value is -0.500. The van der Waals surface area contributed by atoms with Crippen LogP contribution in [0.4, 0.5) is 4.39 Å². The third-order valence-electron chi connectivity index (χ3n) is 2.44. The Bertz CT molecular complexity index is 606. The molecular formula is C11H12BrClFNO3S. The van der Waals surface area contributed by atoms with E-state index < -0.39 is 27.5 Å². The first kappa shape index (κ1) is 16.6. The minimum Gasteiger partial charge on any atom is -0.321 e. The van der Waals surface area contributed by atoms with Gasteiger partial charge in [-0.15, -0.1) is 0 Å². The molecule has 1 rings (SSSR count). The van der Waals surface area contributed by atoms with Crippen LogP contribution in [-0.2, 0) is 9.84 Å². The molecule has 0 saturated heterocycles. The molecule has 0 heterocycles. The molecule has 1 atom stereocenters. The van der Waals surface area contributed by atoms with Crippen molar-refractivity contribution in [3.05, 3.63) is 33.0 Å². The lowest BCUT2D eigenvalue weighted by Crippen LogP contribution is -2.33. The summed E-state index contributed by atoms with van der Waals surface area (Å²) in [5, 5.41) is -0.207. The molecule has 0 aliphatic rings. The van der Waals surface area contributed by atoms with Gasteiger partial charge in [-0.25, -0.2) is 12.8 Å². The van der Waals surface area contributed by atoms with E-state index in [1.807, 2.05) is 0 Å². The van der Waals surface area contributed by atoms with Crippen molar-refractivity contribution in [1.29, 1.82) is 0 Å². The minimum atomic E-state index is -3.22. The van der Waals surface area contributed by atoms with Crippen LogP contribution in [0.25, 0.3) is 0 Å². The highest BCUT2D eigenvalue weighted by molar-refractivity contribution is 9.10. The largest absolute Gasteiger partial charge is 0.321 e. The molecule has 1 aromatic rings. The number of hydrogen-bond acceptors (Lipinski definition) is 4. The van der Waals surface area contributed by atoms with Crippen molar-refractivity contribution in [2.45, 2.75) is 12.5 Å². The van der Waals surface area contributed by atoms with Crippen molar-refractivity contribution in [2.24, 2.45) is 5.73 Å². The maximum Gasteiger partial charge on any atom is 0.182 e. The molecule has 0 spiro atoms. The Kier molecular flexibility index (Phi) is 5.49. The van der Waals surface area contributed by atoms with Crippen LogP contribution in [-0.4, -0.2) is 32.3 Å². The first-order valence-electron chi connectivity index (χ1n) is 5.24. The van der Waals surface area contributed by atoms with Gasteiger partial charge in [0.25, 0.3) is 0 Å². The van der Waals surface area contributed by atoms with E-state index in [0.29, 0.717) is 4.47 Å². The monoisotopic (exact) mass is 371 g/mol. The van der Waals surface area contributed by atoms with E-state index >= 15 is 0 Å². The van der Waals surface area contributed by atoms with Gasteiger partial charge in [0.2, 0.25) is 0 Å². The predicted octanol–water partition coefficient (Wildman–Crippen LogP) is 2.19. The first-order chi connectivity index (χ1) is 8.63. The second-order valence-electron chi connectivity index (χ2n) is 4.11. The molecule has 106 valence electrons. The molecule has 8 heteroatoms. The fraction of sp³-hybridized carbons (Fsp3) is 0.364. The Labute approximate surface area is 124 Å². The van der Waals surface area contributed by atoms with E-state index in [-0.39, 0.29) is 22.8 Å². The molecule has 0 bridgehead atoms. The number of nitrogens with two attached hydrogens (primary N) is 1. The summed E-state index contributed by atoms with van der Waals surface area (Å²) >= 11 is 8.70. The number of hydrogen-bond donors (Lipinski definition) is 1. The van der Waals surface area contributed by atoms with E-state index in [9.17, 15) is 17.6 Å². The number of ketones is 1. The second-order valence-corrected chi connectivity index (χ2v) is 7.60. The van der Waals surface area contributed by atoms with Crippen molar-refractivity contribution in [3.8, 4) is 0 Å². The highest BCUT2D eigenvalue weighted by Gasteiger charge is 2.22. The Balaban J connectivity index is 2.92. The average Bonchev–Trinajstić information content (AvgIpc) is 2.31. The van der Waals surface area contributed by atoms with Crippen LogP contribution in [0.1, 0.15) is 16.8 Å². The summed E-state index contributed by atoms with van der Waals surface area (Å²) in [5.41, 5.74) is 5.34. The minimum absolute atomic E-state index is 0.0647. The number of halogens is 3. The average molecular weight is 373 g/mol. The number of benzene rings is 1. The highest BCUT2D eigenvalue weighted by Crippen LogP contribution is 2.28. The summed E-state index contributed by atoms with van der Waals surface area (Å²) in [5.74, 6) is -1.77. The zero-order chi connectivity index (χ0) is 14.8. The quantitative estimate of drug-likeness (QED) is 0.635. The maximum atomic E-state index is 13.8. The topological polar surface area (TPSA) is 77.2 Å². The van der Waals surface area contributed by atoms with Crippen LogP contribution < -0.4 is 5.73 Å². The van der Waals surface area contributed by atoms with Crippen molar-refractivity contribution < 1.29 is 17.6 Å². The number of sulfone groups is 1. The van der Waals surface area contributed by atoms with Gasteiger partial charge in [0.1, 0.15) is 9.84 Å². The zero-order valence-electron chi connectivity index (χ0n) is 9.99. The van der Waals surface area contributed by atoms with E-state index in [1.54, 1.807) is 0 Å². The van der Waals surface area contributed by atoms with E-state index in [0.717, 1.165) is 6.26 Å². The molecule has 0 aliphatic heterocycles. The summed E-state index contributed by atoms with van der Waals surface area (Å²) in [4.78, 5) is 11.9. The molecule has 0 radical (unpaired) electrons. The molecule has 0 aromatic heterocycles. The summed E-state index contributed by atoms with van der Waals surface area (Å²) in [7, 11) is -3.22. The van der Waals surface area contributed by atoms with Gasteiger partial charge in [0.05, 0.1) is 22.4 Å². The van der Waals surface area contributed by atoms with E-state index in [4.69, 9.17) is 17.3 Å². The molecular weight excluding hydrogens is 361 g/mol. The number of carbonyl (C=O) groups is 1. The third-order valence-corrected chi connectivity index (χ3v) is 4.67. The van der Waals surface area contributed by atoms with Crippen LogP contribution in [0, 0.1) is 5.82 Å². The molecule has 4 nitrogen and oxygen atoms in total. The van der Waals surface area contributed by atoms with Crippen LogP contribution in [0.2, 0.25) is 5.02 Å². The molecule has 0 aliphatic carbocycles. The summed E-state index contributed by atoms with van der Waals surface area (Å²) in [6.45, 7) is 0. The van der Waals surface area contributed by atoms with Gasteiger partial charge in [-0.2, -0.15) is 0 Å². The zero-order valence-corrected chi connectivity index (χ0v) is 13.1. The first-order valence-corrected chi connectivity index (χ1v) is 8.47. The van der Waals surface area contributed by atoms with Gasteiger partial charge in [-0.3, -0.25) is 4.79 Å². The predicted molar refractivity (Wildman–Crippen MR) is 75.7 cm³/mol. The summed E-state index contributed by atoms with van der Waals surface area (Å²) in [6, 6.07) is 1.61. The van der Waals surface area contributed by atoms with Crippen molar-refractivity contribution in [1.82, 2.24) is 0 Å². The molecule has 1 unspecified atom stereocenters. The Morgan fingerprint density at radius 1 is 1.53 bits per heavy atom. The fourth-order valence-corrected chi connectivity index (χ4v) is 2.54. The van der Waals surface area contributed by atoms with Crippen molar-refractivity contribution in [2.75, 3.05) is 12.0 Å². The van der Waals surface area contributed by atoms with Gasteiger partial charge < -0.3 is 5.73 Å². The standard InChI is InChI=1S/C11H12BrClFNO3S/c1-19(17,18)5-4-8(15)11(16)6-2-3-7(12)9(13)10(6)14/h2-3,8H,4-5,15H2,1H3. The maximum absolute atomic E-state index is 13.8. The smallest absolute Gasteiger partial charge is 0.182 e. The molecule has 2 N–H and O–H groups in total. The normalized spacial score (nSPS) is 13.3. The fourth-order valence-electron chi connectivity index (χ4n) is 1.39. The van der Waals surface area contributed by atoms with Crippen molar-refractivity contribution in [3.63, 3.8) is 0 Å². The SMILES string of the molecule is CS(=O)(=O)CCC(N)C(=O)c1ccc(Br)c(Cl)c1F. The molecule has 1 aromatic carbocycles. The van der Waals surface area contributed by atoms with Crippen LogP contribution in [0.5, 0.6) is 0 Å². The highest BCUT2D eigenvalue weighted by atomic mass is 79.9. The Morgan fingerprint density at radius 3 is 2.63 bits per heavy atom. The van der Waals surface area contributed by atoms with Gasteiger partial charge >= 0.3 is 0 Å². The lowest BCUT2D eigenvalue weighted by atomic mass is 10.0. The van der Waals surface area contributed by atoms with Crippen LogP contribution in [0.3, 0.4) is 0 Å². The lowest BCUT2D eigenvalue weighted by molar-refractivity contribution is 0.0956. The van der Waals surface area contributed by atoms with E-state index in [2.05, 4.69) is 15.9 Å². The van der Waals surface area contributed by atoms with Gasteiger partial charge in [0, 0.05) is 10.7 Å². The lowest BCUT2D eigenvalue weighted by Gasteiger charge is -2.11. The number of carbonyl (C=O) groups excluding carboxylic acids is 1. The molecule has 0 amide bonds. The van der Waals surface area contributed by atoms with Gasteiger partial charge in [-0.1, -0.05) is 11.6 Å². The molecule has 0 saturated carbocycles. The van der Waals surface area contributed by atoms with Gasteiger partial charge in [-0.05, 0) is 34.5 Å². The molecule has 19 heavy (non-hydrogen) atoms. The Morgan fingerprint density at radius 2 is 2.11 bits per heavy atom. The van der Waals surface area contributed by atoms with Crippen LogP contribution >= 0.6 is 27.5 Å².